The number of rotatable bonds is 2. The van der Waals surface area contributed by atoms with E-state index in [4.69, 9.17) is 5.26 Å². The third-order valence-corrected chi connectivity index (χ3v) is 3.99. The number of nitrogens with zero attached hydrogens (tertiary/aromatic N) is 3. The van der Waals surface area contributed by atoms with Crippen LogP contribution in [0.4, 0.5) is 5.82 Å². The van der Waals surface area contributed by atoms with E-state index in [1.54, 1.807) is 0 Å². The summed E-state index contributed by atoms with van der Waals surface area (Å²) < 4.78 is 0. The largest absolute Gasteiger partial charge is 0.356 e. The Balaban J connectivity index is 2.24. The van der Waals surface area contributed by atoms with Gasteiger partial charge in [0.2, 0.25) is 0 Å². The molecule has 96 valence electrons. The second kappa shape index (κ2) is 4.97. The predicted molar refractivity (Wildman–Crippen MR) is 73.6 cm³/mol. The summed E-state index contributed by atoms with van der Waals surface area (Å²) in [6.07, 6.45) is 1.25. The smallest absolute Gasteiger partial charge is 0.129 e. The zero-order valence-electron chi connectivity index (χ0n) is 11.7. The zero-order valence-corrected chi connectivity index (χ0v) is 11.7. The number of pyridine rings is 1. The summed E-state index contributed by atoms with van der Waals surface area (Å²) in [5.74, 6) is 2.53. The minimum Gasteiger partial charge on any atom is -0.356 e. The average molecular weight is 243 g/mol. The van der Waals surface area contributed by atoms with Gasteiger partial charge in [0.1, 0.15) is 11.9 Å². The van der Waals surface area contributed by atoms with Gasteiger partial charge >= 0.3 is 0 Å². The molecule has 18 heavy (non-hydrogen) atoms. The van der Waals surface area contributed by atoms with Gasteiger partial charge in [-0.2, -0.15) is 5.26 Å². The molecule has 0 radical (unpaired) electrons. The van der Waals surface area contributed by atoms with Crippen LogP contribution in [0.5, 0.6) is 0 Å². The third-order valence-electron chi connectivity index (χ3n) is 3.99. The van der Waals surface area contributed by atoms with Gasteiger partial charge in [0.15, 0.2) is 0 Å². The SMILES string of the molecule is Cc1cc(N2CC[C@H](C(C)C)C2)nc(C)c1C#N. The van der Waals surface area contributed by atoms with Gasteiger partial charge in [0, 0.05) is 13.1 Å². The van der Waals surface area contributed by atoms with Gasteiger partial charge in [-0.1, -0.05) is 13.8 Å². The standard InChI is InChI=1S/C15H21N3/c1-10(2)13-5-6-18(9-13)15-7-11(3)14(8-16)12(4)17-15/h7,10,13H,5-6,9H2,1-4H3/t13-/m0/s1. The minimum atomic E-state index is 0.721. The van der Waals surface area contributed by atoms with E-state index in [9.17, 15) is 0 Å². The Labute approximate surface area is 109 Å². The topological polar surface area (TPSA) is 39.9 Å². The summed E-state index contributed by atoms with van der Waals surface area (Å²) in [4.78, 5) is 6.94. The molecular weight excluding hydrogens is 222 g/mol. The summed E-state index contributed by atoms with van der Waals surface area (Å²) in [7, 11) is 0. The molecule has 0 spiro atoms. The Morgan fingerprint density at radius 1 is 1.44 bits per heavy atom. The molecule has 1 aromatic heterocycles. The highest BCUT2D eigenvalue weighted by atomic mass is 15.2. The number of nitriles is 1. The maximum Gasteiger partial charge on any atom is 0.129 e. The van der Waals surface area contributed by atoms with E-state index in [1.165, 1.54) is 6.42 Å². The number of anilines is 1. The molecule has 0 aliphatic carbocycles. The molecule has 1 fully saturated rings. The molecule has 0 aromatic carbocycles. The molecule has 3 nitrogen and oxygen atoms in total. The lowest BCUT2D eigenvalue weighted by Crippen LogP contribution is -2.22. The van der Waals surface area contributed by atoms with Crippen molar-refractivity contribution in [3.8, 4) is 6.07 Å². The zero-order chi connectivity index (χ0) is 13.3. The van der Waals surface area contributed by atoms with E-state index in [0.29, 0.717) is 0 Å². The third kappa shape index (κ3) is 2.33. The van der Waals surface area contributed by atoms with Gasteiger partial charge < -0.3 is 4.90 Å². The van der Waals surface area contributed by atoms with Gasteiger partial charge in [-0.15, -0.1) is 0 Å². The van der Waals surface area contributed by atoms with Crippen molar-refractivity contribution in [2.24, 2.45) is 11.8 Å². The Kier molecular flexibility index (Phi) is 3.56. The fraction of sp³-hybridized carbons (Fsp3) is 0.600. The van der Waals surface area contributed by atoms with Crippen LogP contribution in [0.15, 0.2) is 6.07 Å². The lowest BCUT2D eigenvalue weighted by molar-refractivity contribution is 0.422. The molecular formula is C15H21N3. The molecule has 1 aliphatic heterocycles. The number of hydrogen-bond donors (Lipinski definition) is 0. The summed E-state index contributed by atoms with van der Waals surface area (Å²) in [5.41, 5.74) is 2.60. The highest BCUT2D eigenvalue weighted by molar-refractivity contribution is 5.50. The molecule has 1 atom stereocenters. The molecule has 1 aliphatic rings. The van der Waals surface area contributed by atoms with Crippen LogP contribution in [-0.2, 0) is 0 Å². The summed E-state index contributed by atoms with van der Waals surface area (Å²) in [6.45, 7) is 10.7. The van der Waals surface area contributed by atoms with Crippen LogP contribution in [0.3, 0.4) is 0 Å². The molecule has 3 heteroatoms. The van der Waals surface area contributed by atoms with E-state index < -0.39 is 0 Å². The van der Waals surface area contributed by atoms with Crippen molar-refractivity contribution < 1.29 is 0 Å². The summed E-state index contributed by atoms with van der Waals surface area (Å²) >= 11 is 0. The first-order valence-corrected chi connectivity index (χ1v) is 6.66. The molecule has 0 amide bonds. The fourth-order valence-corrected chi connectivity index (χ4v) is 2.68. The first kappa shape index (κ1) is 12.9. The van der Waals surface area contributed by atoms with Crippen molar-refractivity contribution in [3.05, 3.63) is 22.9 Å². The van der Waals surface area contributed by atoms with Crippen molar-refractivity contribution in [2.45, 2.75) is 34.1 Å². The van der Waals surface area contributed by atoms with Gasteiger partial charge in [-0.25, -0.2) is 4.98 Å². The lowest BCUT2D eigenvalue weighted by atomic mass is 9.95. The molecule has 1 saturated heterocycles. The average Bonchev–Trinajstić information content (AvgIpc) is 2.77. The molecule has 0 N–H and O–H groups in total. The van der Waals surface area contributed by atoms with Crippen molar-refractivity contribution in [2.75, 3.05) is 18.0 Å². The number of hydrogen-bond acceptors (Lipinski definition) is 3. The second-order valence-electron chi connectivity index (χ2n) is 5.61. The molecule has 0 bridgehead atoms. The minimum absolute atomic E-state index is 0.721. The highest BCUT2D eigenvalue weighted by Crippen LogP contribution is 2.28. The predicted octanol–water partition coefficient (Wildman–Crippen LogP) is 3.05. The van der Waals surface area contributed by atoms with Crippen LogP contribution in [0.1, 0.15) is 37.1 Å². The van der Waals surface area contributed by atoms with Gasteiger partial charge in [0.05, 0.1) is 11.3 Å². The Bertz CT molecular complexity index is 462. The Hall–Kier alpha value is -1.56. The van der Waals surface area contributed by atoms with Crippen LogP contribution in [0, 0.1) is 37.0 Å². The van der Waals surface area contributed by atoms with E-state index in [0.717, 1.165) is 47.6 Å². The first-order chi connectivity index (χ1) is 8.52. The summed E-state index contributed by atoms with van der Waals surface area (Å²) in [6, 6.07) is 4.28. The number of aryl methyl sites for hydroxylation is 2. The molecule has 2 heterocycles. The quantitative estimate of drug-likeness (QED) is 0.801. The maximum absolute atomic E-state index is 9.07. The Morgan fingerprint density at radius 3 is 2.67 bits per heavy atom. The van der Waals surface area contributed by atoms with Gasteiger partial charge in [0.25, 0.3) is 0 Å². The van der Waals surface area contributed by atoms with E-state index >= 15 is 0 Å². The van der Waals surface area contributed by atoms with Crippen molar-refractivity contribution >= 4 is 5.82 Å². The van der Waals surface area contributed by atoms with Crippen LogP contribution in [-0.4, -0.2) is 18.1 Å². The monoisotopic (exact) mass is 243 g/mol. The number of aromatic nitrogens is 1. The fourth-order valence-electron chi connectivity index (χ4n) is 2.68. The van der Waals surface area contributed by atoms with Crippen molar-refractivity contribution in [1.29, 1.82) is 5.26 Å². The lowest BCUT2D eigenvalue weighted by Gasteiger charge is -2.20. The van der Waals surface area contributed by atoms with Gasteiger partial charge in [-0.05, 0) is 43.7 Å². The van der Waals surface area contributed by atoms with Crippen LogP contribution >= 0.6 is 0 Å². The van der Waals surface area contributed by atoms with Crippen molar-refractivity contribution in [1.82, 2.24) is 4.98 Å². The van der Waals surface area contributed by atoms with E-state index in [-0.39, 0.29) is 0 Å². The molecule has 0 saturated carbocycles. The summed E-state index contributed by atoms with van der Waals surface area (Å²) in [5, 5.41) is 9.07. The van der Waals surface area contributed by atoms with Crippen LogP contribution in [0.2, 0.25) is 0 Å². The normalized spacial score (nSPS) is 19.3. The van der Waals surface area contributed by atoms with Crippen molar-refractivity contribution in [3.63, 3.8) is 0 Å². The molecule has 2 rings (SSSR count). The van der Waals surface area contributed by atoms with Gasteiger partial charge in [-0.3, -0.25) is 0 Å². The van der Waals surface area contributed by atoms with Crippen LogP contribution < -0.4 is 4.90 Å². The second-order valence-corrected chi connectivity index (χ2v) is 5.61. The first-order valence-electron chi connectivity index (χ1n) is 6.66. The molecule has 1 aromatic rings. The van der Waals surface area contributed by atoms with Crippen LogP contribution in [0.25, 0.3) is 0 Å². The molecule has 0 unspecified atom stereocenters. The highest BCUT2D eigenvalue weighted by Gasteiger charge is 2.26. The Morgan fingerprint density at radius 2 is 2.17 bits per heavy atom. The van der Waals surface area contributed by atoms with E-state index in [2.05, 4.69) is 29.8 Å². The van der Waals surface area contributed by atoms with E-state index in [1.807, 2.05) is 19.9 Å². The maximum atomic E-state index is 9.07.